The quantitative estimate of drug-likeness (QED) is 0.347. The highest BCUT2D eigenvalue weighted by Crippen LogP contribution is 2.25. The van der Waals surface area contributed by atoms with Crippen LogP contribution in [0.1, 0.15) is 11.1 Å². The lowest BCUT2D eigenvalue weighted by Crippen LogP contribution is -2.54. The molecule has 0 aliphatic carbocycles. The van der Waals surface area contributed by atoms with Gasteiger partial charge < -0.3 is 4.74 Å². The zero-order valence-corrected chi connectivity index (χ0v) is 15.9. The number of rotatable bonds is 6. The van der Waals surface area contributed by atoms with E-state index in [1.54, 1.807) is 24.3 Å². The molecule has 1 N–H and O–H groups in total. The van der Waals surface area contributed by atoms with E-state index in [-0.39, 0.29) is 17.9 Å². The SMILES string of the molecule is C#CCOc1ccc(/C=C2\C(=O)NC(=O)N(c3ccc(F)cc3)C2=O)cc1CC=C. The molecule has 2 aromatic rings. The molecule has 0 unspecified atom stereocenters. The average Bonchev–Trinajstić information content (AvgIpc) is 2.72. The van der Waals surface area contributed by atoms with Gasteiger partial charge in [0.05, 0.1) is 5.69 Å². The van der Waals surface area contributed by atoms with E-state index in [2.05, 4.69) is 17.8 Å². The Hall–Kier alpha value is -4.18. The number of nitrogens with zero attached hydrogens (tertiary/aromatic N) is 1. The first-order valence-electron chi connectivity index (χ1n) is 8.91. The average molecular weight is 404 g/mol. The molecule has 0 atom stereocenters. The van der Waals surface area contributed by atoms with Crippen LogP contribution in [-0.4, -0.2) is 24.5 Å². The van der Waals surface area contributed by atoms with Crippen molar-refractivity contribution in [2.24, 2.45) is 0 Å². The standard InChI is InChI=1S/C23H17FN2O4/c1-3-5-16-13-15(6-11-20(16)30-12-4-2)14-19-21(27)25-23(29)26(22(19)28)18-9-7-17(24)8-10-18/h2-3,6-11,13-14H,1,5,12H2,(H,25,27,29)/b19-14+. The molecule has 1 aliphatic heterocycles. The topological polar surface area (TPSA) is 75.7 Å². The molecule has 0 radical (unpaired) electrons. The molecule has 1 aliphatic rings. The summed E-state index contributed by atoms with van der Waals surface area (Å²) < 4.78 is 18.7. The molecule has 2 aromatic carbocycles. The van der Waals surface area contributed by atoms with Crippen LogP contribution >= 0.6 is 0 Å². The van der Waals surface area contributed by atoms with Crippen molar-refractivity contribution < 1.29 is 23.5 Å². The van der Waals surface area contributed by atoms with Crippen LogP contribution in [-0.2, 0) is 16.0 Å². The summed E-state index contributed by atoms with van der Waals surface area (Å²) in [7, 11) is 0. The molecule has 0 aromatic heterocycles. The second kappa shape index (κ2) is 8.88. The predicted octanol–water partition coefficient (Wildman–Crippen LogP) is 3.23. The molecule has 1 heterocycles. The van der Waals surface area contributed by atoms with Crippen molar-refractivity contribution in [2.75, 3.05) is 11.5 Å². The summed E-state index contributed by atoms with van der Waals surface area (Å²) in [6.45, 7) is 3.80. The number of nitrogens with one attached hydrogen (secondary N) is 1. The zero-order valence-electron chi connectivity index (χ0n) is 15.9. The molecular weight excluding hydrogens is 387 g/mol. The number of ether oxygens (including phenoxy) is 1. The van der Waals surface area contributed by atoms with E-state index < -0.39 is 23.7 Å². The highest BCUT2D eigenvalue weighted by Gasteiger charge is 2.36. The third kappa shape index (κ3) is 4.28. The van der Waals surface area contributed by atoms with Crippen LogP contribution in [0.3, 0.4) is 0 Å². The Balaban J connectivity index is 1.97. The number of barbiturate groups is 1. The highest BCUT2D eigenvalue weighted by molar-refractivity contribution is 6.39. The Kier molecular flexibility index (Phi) is 6.08. The van der Waals surface area contributed by atoms with Gasteiger partial charge in [0.25, 0.3) is 11.8 Å². The number of carbonyl (C=O) groups excluding carboxylic acids is 3. The lowest BCUT2D eigenvalue weighted by atomic mass is 10.0. The monoisotopic (exact) mass is 404 g/mol. The maximum Gasteiger partial charge on any atom is 0.335 e. The van der Waals surface area contributed by atoms with Gasteiger partial charge in [-0.15, -0.1) is 13.0 Å². The Bertz CT molecular complexity index is 1100. The van der Waals surface area contributed by atoms with Gasteiger partial charge in [-0.3, -0.25) is 14.9 Å². The lowest BCUT2D eigenvalue weighted by Gasteiger charge is -2.26. The van der Waals surface area contributed by atoms with Crippen LogP contribution in [0.4, 0.5) is 14.9 Å². The first-order valence-corrected chi connectivity index (χ1v) is 8.91. The minimum absolute atomic E-state index is 0.0974. The molecule has 1 saturated heterocycles. The van der Waals surface area contributed by atoms with Gasteiger partial charge in [-0.25, -0.2) is 14.1 Å². The fraction of sp³-hybridized carbons (Fsp3) is 0.0870. The fourth-order valence-electron chi connectivity index (χ4n) is 2.91. The van der Waals surface area contributed by atoms with Crippen molar-refractivity contribution in [3.63, 3.8) is 0 Å². The van der Waals surface area contributed by atoms with Gasteiger partial charge in [0.2, 0.25) is 0 Å². The van der Waals surface area contributed by atoms with Crippen molar-refractivity contribution in [1.82, 2.24) is 5.32 Å². The maximum absolute atomic E-state index is 13.2. The third-order valence-corrected chi connectivity index (χ3v) is 4.26. The molecule has 6 nitrogen and oxygen atoms in total. The number of terminal acetylenes is 1. The van der Waals surface area contributed by atoms with Crippen molar-refractivity contribution >= 4 is 29.6 Å². The molecule has 3 rings (SSSR count). The number of hydrogen-bond donors (Lipinski definition) is 1. The summed E-state index contributed by atoms with van der Waals surface area (Å²) in [5.41, 5.74) is 1.22. The summed E-state index contributed by atoms with van der Waals surface area (Å²) in [6, 6.07) is 8.96. The minimum Gasteiger partial charge on any atom is -0.481 e. The van der Waals surface area contributed by atoms with Gasteiger partial charge in [0, 0.05) is 0 Å². The number of carbonyl (C=O) groups is 3. The van der Waals surface area contributed by atoms with Gasteiger partial charge in [-0.05, 0) is 60.0 Å². The van der Waals surface area contributed by atoms with E-state index in [1.165, 1.54) is 18.2 Å². The Morgan fingerprint density at radius 3 is 2.57 bits per heavy atom. The predicted molar refractivity (Wildman–Crippen MR) is 110 cm³/mol. The van der Waals surface area contributed by atoms with Crippen LogP contribution < -0.4 is 15.0 Å². The molecule has 1 fully saturated rings. The van der Waals surface area contributed by atoms with Crippen molar-refractivity contribution in [3.8, 4) is 18.1 Å². The number of anilines is 1. The van der Waals surface area contributed by atoms with Crippen LogP contribution in [0.25, 0.3) is 6.08 Å². The van der Waals surface area contributed by atoms with Crippen molar-refractivity contribution in [2.45, 2.75) is 6.42 Å². The van der Waals surface area contributed by atoms with E-state index in [4.69, 9.17) is 11.2 Å². The van der Waals surface area contributed by atoms with Gasteiger partial charge in [-0.2, -0.15) is 0 Å². The molecule has 0 bridgehead atoms. The fourth-order valence-corrected chi connectivity index (χ4v) is 2.91. The maximum atomic E-state index is 13.2. The molecular formula is C23H17FN2O4. The van der Waals surface area contributed by atoms with E-state index in [0.717, 1.165) is 22.6 Å². The molecule has 0 spiro atoms. The highest BCUT2D eigenvalue weighted by atomic mass is 19.1. The Morgan fingerprint density at radius 1 is 1.17 bits per heavy atom. The smallest absolute Gasteiger partial charge is 0.335 e. The second-order valence-corrected chi connectivity index (χ2v) is 6.29. The molecule has 0 saturated carbocycles. The number of halogens is 1. The molecule has 7 heteroatoms. The van der Waals surface area contributed by atoms with E-state index in [0.29, 0.717) is 17.7 Å². The Labute approximate surface area is 172 Å². The number of hydrogen-bond acceptors (Lipinski definition) is 4. The second-order valence-electron chi connectivity index (χ2n) is 6.29. The molecule has 4 amide bonds. The number of urea groups is 1. The lowest BCUT2D eigenvalue weighted by molar-refractivity contribution is -0.122. The van der Waals surface area contributed by atoms with Gasteiger partial charge in [0.15, 0.2) is 0 Å². The zero-order chi connectivity index (χ0) is 21.7. The Morgan fingerprint density at radius 2 is 1.90 bits per heavy atom. The molecule has 30 heavy (non-hydrogen) atoms. The summed E-state index contributed by atoms with van der Waals surface area (Å²) >= 11 is 0. The van der Waals surface area contributed by atoms with E-state index >= 15 is 0 Å². The van der Waals surface area contributed by atoms with Crippen LogP contribution in [0.5, 0.6) is 5.75 Å². The number of allylic oxidation sites excluding steroid dienone is 1. The van der Waals surface area contributed by atoms with Gasteiger partial charge in [0.1, 0.15) is 23.7 Å². The number of amides is 4. The van der Waals surface area contributed by atoms with Crippen LogP contribution in [0.2, 0.25) is 0 Å². The largest absolute Gasteiger partial charge is 0.481 e. The van der Waals surface area contributed by atoms with Gasteiger partial charge in [-0.1, -0.05) is 18.1 Å². The third-order valence-electron chi connectivity index (χ3n) is 4.26. The summed E-state index contributed by atoms with van der Waals surface area (Å²) in [4.78, 5) is 38.1. The van der Waals surface area contributed by atoms with E-state index in [1.807, 2.05) is 0 Å². The normalized spacial score (nSPS) is 15.0. The summed E-state index contributed by atoms with van der Waals surface area (Å²) in [6.07, 6.45) is 8.76. The van der Waals surface area contributed by atoms with Crippen LogP contribution in [0.15, 0.2) is 60.7 Å². The number of benzene rings is 2. The summed E-state index contributed by atoms with van der Waals surface area (Å²) in [5.74, 6) is 0.808. The van der Waals surface area contributed by atoms with Crippen LogP contribution in [0, 0.1) is 18.2 Å². The summed E-state index contributed by atoms with van der Waals surface area (Å²) in [5, 5.41) is 2.12. The van der Waals surface area contributed by atoms with Crippen molar-refractivity contribution in [1.29, 1.82) is 0 Å². The van der Waals surface area contributed by atoms with Crippen molar-refractivity contribution in [3.05, 3.63) is 77.6 Å². The van der Waals surface area contributed by atoms with Gasteiger partial charge >= 0.3 is 6.03 Å². The molecule has 150 valence electrons. The number of imide groups is 2. The first kappa shape index (κ1) is 20.6. The first-order chi connectivity index (χ1) is 14.4. The minimum atomic E-state index is -0.904. The van der Waals surface area contributed by atoms with E-state index in [9.17, 15) is 18.8 Å².